The highest BCUT2D eigenvalue weighted by Crippen LogP contribution is 2.21. The highest BCUT2D eigenvalue weighted by atomic mass is 19.1. The molecule has 1 aromatic heterocycles. The normalized spacial score (nSPS) is 10.2. The average Bonchev–Trinajstić information content (AvgIpc) is 2.41. The van der Waals surface area contributed by atoms with Crippen LogP contribution in [0.25, 0.3) is 0 Å². The molecule has 5 nitrogen and oxygen atoms in total. The maximum absolute atomic E-state index is 13.9. The van der Waals surface area contributed by atoms with Gasteiger partial charge in [0.25, 0.3) is 0 Å². The van der Waals surface area contributed by atoms with Crippen molar-refractivity contribution < 1.29 is 19.0 Å². The summed E-state index contributed by atoms with van der Waals surface area (Å²) in [7, 11) is 1.51. The molecule has 0 spiro atoms. The molecular weight excluding hydrogens is 251 g/mol. The second kappa shape index (κ2) is 5.43. The topological polar surface area (TPSA) is 72.3 Å². The first kappa shape index (κ1) is 12.9. The molecule has 1 heterocycles. The van der Waals surface area contributed by atoms with Gasteiger partial charge in [-0.05, 0) is 6.07 Å². The molecule has 1 N–H and O–H groups in total. The Morgan fingerprint density at radius 2 is 2.11 bits per heavy atom. The predicted molar refractivity (Wildman–Crippen MR) is 64.7 cm³/mol. The maximum Gasteiger partial charge on any atom is 0.357 e. The molecule has 19 heavy (non-hydrogen) atoms. The van der Waals surface area contributed by atoms with Crippen molar-refractivity contribution in [2.75, 3.05) is 7.11 Å². The molecule has 1 aromatic carbocycles. The molecule has 0 atom stereocenters. The van der Waals surface area contributed by atoms with E-state index < -0.39 is 17.5 Å². The van der Waals surface area contributed by atoms with E-state index in [4.69, 9.17) is 9.84 Å². The van der Waals surface area contributed by atoms with Crippen molar-refractivity contribution in [2.24, 2.45) is 0 Å². The number of hydrogen-bond acceptors (Lipinski definition) is 4. The van der Waals surface area contributed by atoms with E-state index in [0.717, 1.165) is 11.9 Å². The highest BCUT2D eigenvalue weighted by molar-refractivity contribution is 5.85. The Balaban J connectivity index is 2.39. The lowest BCUT2D eigenvalue weighted by atomic mass is 10.1. The number of benzene rings is 1. The minimum Gasteiger partial charge on any atom is -0.496 e. The fourth-order valence-corrected chi connectivity index (χ4v) is 1.71. The van der Waals surface area contributed by atoms with Crippen molar-refractivity contribution in [3.8, 4) is 5.75 Å². The van der Waals surface area contributed by atoms with E-state index in [0.29, 0.717) is 5.75 Å². The van der Waals surface area contributed by atoms with Crippen LogP contribution in [0.15, 0.2) is 30.6 Å². The van der Waals surface area contributed by atoms with Crippen LogP contribution in [-0.2, 0) is 6.42 Å². The number of carbonyl (C=O) groups is 1. The minimum atomic E-state index is -1.42. The lowest BCUT2D eigenvalue weighted by molar-refractivity contribution is 0.0684. The number of aromatic carboxylic acids is 1. The number of ether oxygens (including phenoxy) is 1. The lowest BCUT2D eigenvalue weighted by Crippen LogP contribution is -2.09. The number of carboxylic acid groups (broad SMARTS) is 1. The molecule has 0 aliphatic heterocycles. The van der Waals surface area contributed by atoms with Crippen molar-refractivity contribution in [2.45, 2.75) is 6.42 Å². The molecule has 0 amide bonds. The van der Waals surface area contributed by atoms with Gasteiger partial charge in [-0.25, -0.2) is 19.2 Å². The third-order valence-electron chi connectivity index (χ3n) is 2.61. The number of methoxy groups -OCH3 is 1. The van der Waals surface area contributed by atoms with Gasteiger partial charge in [-0.1, -0.05) is 18.2 Å². The van der Waals surface area contributed by atoms with Gasteiger partial charge in [-0.2, -0.15) is 0 Å². The number of carboxylic acids is 1. The van der Waals surface area contributed by atoms with Gasteiger partial charge in [0.05, 0.1) is 12.8 Å². The van der Waals surface area contributed by atoms with Crippen LogP contribution in [0.1, 0.15) is 21.7 Å². The predicted octanol–water partition coefficient (Wildman–Crippen LogP) is 1.91. The Morgan fingerprint density at radius 3 is 2.79 bits per heavy atom. The molecule has 0 saturated heterocycles. The third-order valence-corrected chi connectivity index (χ3v) is 2.61. The molecule has 0 saturated carbocycles. The summed E-state index contributed by atoms with van der Waals surface area (Å²) in [6, 6.07) is 7.09. The van der Waals surface area contributed by atoms with Crippen LogP contribution in [0.3, 0.4) is 0 Å². The van der Waals surface area contributed by atoms with Crippen molar-refractivity contribution >= 4 is 5.97 Å². The van der Waals surface area contributed by atoms with Gasteiger partial charge >= 0.3 is 5.97 Å². The first-order valence-corrected chi connectivity index (χ1v) is 5.48. The Kier molecular flexibility index (Phi) is 3.70. The van der Waals surface area contributed by atoms with Gasteiger partial charge in [0, 0.05) is 12.0 Å². The Bertz CT molecular complexity index is 617. The third kappa shape index (κ3) is 2.67. The van der Waals surface area contributed by atoms with E-state index in [1.165, 1.54) is 7.11 Å². The zero-order valence-electron chi connectivity index (χ0n) is 10.1. The minimum absolute atomic E-state index is 0.0249. The Labute approximate surface area is 108 Å². The summed E-state index contributed by atoms with van der Waals surface area (Å²) in [6.45, 7) is 0. The number of aromatic nitrogens is 2. The zero-order chi connectivity index (χ0) is 13.8. The van der Waals surface area contributed by atoms with Crippen LogP contribution < -0.4 is 4.74 Å². The van der Waals surface area contributed by atoms with Gasteiger partial charge in [0.15, 0.2) is 11.5 Å². The Hall–Kier alpha value is -2.50. The monoisotopic (exact) mass is 262 g/mol. The van der Waals surface area contributed by atoms with E-state index in [1.54, 1.807) is 24.3 Å². The molecule has 0 unspecified atom stereocenters. The molecule has 6 heteroatoms. The summed E-state index contributed by atoms with van der Waals surface area (Å²) in [5.74, 6) is -1.74. The fourth-order valence-electron chi connectivity index (χ4n) is 1.71. The van der Waals surface area contributed by atoms with Gasteiger partial charge in [-0.3, -0.25) is 0 Å². The van der Waals surface area contributed by atoms with Crippen LogP contribution in [0, 0.1) is 5.82 Å². The van der Waals surface area contributed by atoms with E-state index in [2.05, 4.69) is 9.97 Å². The van der Waals surface area contributed by atoms with E-state index in [9.17, 15) is 9.18 Å². The van der Waals surface area contributed by atoms with Gasteiger partial charge in [0.2, 0.25) is 0 Å². The van der Waals surface area contributed by atoms with E-state index in [-0.39, 0.29) is 12.1 Å². The number of nitrogens with zero attached hydrogens (tertiary/aromatic N) is 2. The van der Waals surface area contributed by atoms with Crippen molar-refractivity contribution in [3.05, 3.63) is 53.4 Å². The number of para-hydroxylation sites is 1. The lowest BCUT2D eigenvalue weighted by Gasteiger charge is -2.08. The van der Waals surface area contributed by atoms with Gasteiger partial charge in [0.1, 0.15) is 12.1 Å². The van der Waals surface area contributed by atoms with Gasteiger partial charge in [-0.15, -0.1) is 0 Å². The number of halogens is 1. The molecular formula is C13H11FN2O3. The van der Waals surface area contributed by atoms with Crippen molar-refractivity contribution in [1.29, 1.82) is 0 Å². The largest absolute Gasteiger partial charge is 0.496 e. The van der Waals surface area contributed by atoms with Crippen LogP contribution in [-0.4, -0.2) is 28.2 Å². The zero-order valence-corrected chi connectivity index (χ0v) is 10.1. The van der Waals surface area contributed by atoms with Crippen LogP contribution >= 0.6 is 0 Å². The summed E-state index contributed by atoms with van der Waals surface area (Å²) >= 11 is 0. The number of rotatable bonds is 4. The summed E-state index contributed by atoms with van der Waals surface area (Å²) in [5.41, 5.74) is 0.121. The summed E-state index contributed by atoms with van der Waals surface area (Å²) in [4.78, 5) is 18.0. The smallest absolute Gasteiger partial charge is 0.357 e. The molecule has 0 radical (unpaired) electrons. The van der Waals surface area contributed by atoms with E-state index >= 15 is 0 Å². The molecule has 2 aromatic rings. The molecule has 0 bridgehead atoms. The van der Waals surface area contributed by atoms with Crippen LogP contribution in [0.5, 0.6) is 5.75 Å². The van der Waals surface area contributed by atoms with Crippen molar-refractivity contribution in [3.63, 3.8) is 0 Å². The summed E-state index contributed by atoms with van der Waals surface area (Å²) in [6.07, 6.45) is 1.18. The van der Waals surface area contributed by atoms with E-state index in [1.807, 2.05) is 0 Å². The summed E-state index contributed by atoms with van der Waals surface area (Å²) in [5, 5.41) is 8.80. The van der Waals surface area contributed by atoms with Gasteiger partial charge < -0.3 is 9.84 Å². The molecule has 0 aliphatic rings. The molecule has 0 fully saturated rings. The summed E-state index contributed by atoms with van der Waals surface area (Å²) < 4.78 is 19.1. The first-order chi connectivity index (χ1) is 9.13. The Morgan fingerprint density at radius 1 is 1.37 bits per heavy atom. The van der Waals surface area contributed by atoms with Crippen LogP contribution in [0.4, 0.5) is 4.39 Å². The first-order valence-electron chi connectivity index (χ1n) is 5.48. The standard InChI is InChI=1S/C13H11FN2O3/c1-19-10-5-3-2-4-8(10)6-9-11(14)12(13(17)18)16-7-15-9/h2-5,7H,6H2,1H3,(H,17,18). The van der Waals surface area contributed by atoms with Crippen LogP contribution in [0.2, 0.25) is 0 Å². The van der Waals surface area contributed by atoms with Crippen molar-refractivity contribution in [1.82, 2.24) is 9.97 Å². The SMILES string of the molecule is COc1ccccc1Cc1ncnc(C(=O)O)c1F. The molecule has 2 rings (SSSR count). The average molecular weight is 262 g/mol. The second-order valence-corrected chi connectivity index (χ2v) is 3.78. The molecule has 98 valence electrons. The quantitative estimate of drug-likeness (QED) is 0.911. The molecule has 0 aliphatic carbocycles. The highest BCUT2D eigenvalue weighted by Gasteiger charge is 2.17. The maximum atomic E-state index is 13.9. The fraction of sp³-hybridized carbons (Fsp3) is 0.154. The number of hydrogen-bond donors (Lipinski definition) is 1. The second-order valence-electron chi connectivity index (χ2n) is 3.78.